The summed E-state index contributed by atoms with van der Waals surface area (Å²) in [4.78, 5) is 38.3. The lowest BCUT2D eigenvalue weighted by molar-refractivity contribution is -0.125. The quantitative estimate of drug-likeness (QED) is 0.707. The Hall–Kier alpha value is -2.57. The van der Waals surface area contributed by atoms with Gasteiger partial charge >= 0.3 is 6.03 Å². The fraction of sp³-hybridized carbons (Fsp3) is 0.500. The number of anilines is 2. The van der Waals surface area contributed by atoms with Crippen molar-refractivity contribution < 1.29 is 14.4 Å². The highest BCUT2D eigenvalue weighted by atomic mass is 16.2. The Balaban J connectivity index is 1.80. The number of imide groups is 1. The average Bonchev–Trinajstić information content (AvgIpc) is 2.88. The smallest absolute Gasteiger partial charge is 0.324 e. The molecule has 4 amide bonds. The Bertz CT molecular complexity index is 612. The molecular weight excluding hydrogens is 320 g/mol. The zero-order valence-corrected chi connectivity index (χ0v) is 15.0. The minimum atomic E-state index is -0.383. The lowest BCUT2D eigenvalue weighted by Gasteiger charge is -2.27. The van der Waals surface area contributed by atoms with Crippen molar-refractivity contribution in [1.82, 2.24) is 10.2 Å². The molecule has 1 aromatic rings. The lowest BCUT2D eigenvalue weighted by Crippen LogP contribution is -2.32. The Labute approximate surface area is 148 Å². The molecule has 136 valence electrons. The Morgan fingerprint density at radius 1 is 1.28 bits per heavy atom. The highest BCUT2D eigenvalue weighted by Crippen LogP contribution is 2.20. The molecule has 1 aliphatic rings. The SMILES string of the molecule is CCN(c1ccc(NC(=O)CCCN2C(=O)CNC2=O)cc1)C(C)C. The normalized spacial score (nSPS) is 14.0. The number of urea groups is 1. The van der Waals surface area contributed by atoms with Gasteiger partial charge in [0.05, 0.1) is 6.54 Å². The summed E-state index contributed by atoms with van der Waals surface area (Å²) in [6.07, 6.45) is 0.700. The van der Waals surface area contributed by atoms with E-state index in [-0.39, 0.29) is 37.4 Å². The number of carbonyl (C=O) groups excluding carboxylic acids is 3. The van der Waals surface area contributed by atoms with Crippen LogP contribution in [0.25, 0.3) is 0 Å². The molecule has 0 atom stereocenters. The van der Waals surface area contributed by atoms with E-state index in [1.54, 1.807) is 0 Å². The second-order valence-corrected chi connectivity index (χ2v) is 6.28. The molecule has 1 aromatic carbocycles. The van der Waals surface area contributed by atoms with Gasteiger partial charge in [0.1, 0.15) is 0 Å². The van der Waals surface area contributed by atoms with Crippen LogP contribution in [0.2, 0.25) is 0 Å². The summed E-state index contributed by atoms with van der Waals surface area (Å²) in [5.41, 5.74) is 1.86. The molecular formula is C18H26N4O3. The van der Waals surface area contributed by atoms with Crippen molar-refractivity contribution in [2.24, 2.45) is 0 Å². The van der Waals surface area contributed by atoms with Crippen LogP contribution >= 0.6 is 0 Å². The first kappa shape index (κ1) is 18.8. The molecule has 0 spiro atoms. The maximum atomic E-state index is 12.0. The molecule has 7 heteroatoms. The van der Waals surface area contributed by atoms with Crippen LogP contribution in [-0.4, -0.2) is 48.4 Å². The first-order valence-electron chi connectivity index (χ1n) is 8.67. The summed E-state index contributed by atoms with van der Waals surface area (Å²) in [7, 11) is 0. The molecule has 2 N–H and O–H groups in total. The third-order valence-electron chi connectivity index (χ3n) is 4.17. The summed E-state index contributed by atoms with van der Waals surface area (Å²) in [5.74, 6) is -0.373. The van der Waals surface area contributed by atoms with Crippen LogP contribution in [0.1, 0.15) is 33.6 Å². The molecule has 0 bridgehead atoms. The van der Waals surface area contributed by atoms with Crippen molar-refractivity contribution >= 4 is 29.2 Å². The van der Waals surface area contributed by atoms with Gasteiger partial charge in [0.25, 0.3) is 0 Å². The molecule has 1 saturated heterocycles. The fourth-order valence-corrected chi connectivity index (χ4v) is 2.88. The van der Waals surface area contributed by atoms with Crippen LogP contribution in [-0.2, 0) is 9.59 Å². The number of nitrogens with zero attached hydrogens (tertiary/aromatic N) is 2. The largest absolute Gasteiger partial charge is 0.369 e. The molecule has 0 aromatic heterocycles. The van der Waals surface area contributed by atoms with E-state index in [9.17, 15) is 14.4 Å². The maximum Gasteiger partial charge on any atom is 0.324 e. The molecule has 25 heavy (non-hydrogen) atoms. The van der Waals surface area contributed by atoms with Crippen LogP contribution < -0.4 is 15.5 Å². The minimum absolute atomic E-state index is 0.0442. The highest BCUT2D eigenvalue weighted by Gasteiger charge is 2.27. The van der Waals surface area contributed by atoms with Crippen LogP contribution in [0.15, 0.2) is 24.3 Å². The predicted molar refractivity (Wildman–Crippen MR) is 97.6 cm³/mol. The Kier molecular flexibility index (Phi) is 6.38. The first-order chi connectivity index (χ1) is 11.9. The molecule has 7 nitrogen and oxygen atoms in total. The number of nitrogens with one attached hydrogen (secondary N) is 2. The van der Waals surface area contributed by atoms with Crippen molar-refractivity contribution in [2.45, 2.75) is 39.7 Å². The van der Waals surface area contributed by atoms with Crippen LogP contribution in [0.5, 0.6) is 0 Å². The minimum Gasteiger partial charge on any atom is -0.369 e. The molecule has 2 rings (SSSR count). The Morgan fingerprint density at radius 3 is 2.48 bits per heavy atom. The molecule has 1 aliphatic heterocycles. The molecule has 0 unspecified atom stereocenters. The van der Waals surface area contributed by atoms with E-state index in [0.29, 0.717) is 12.5 Å². The van der Waals surface area contributed by atoms with E-state index >= 15 is 0 Å². The standard InChI is InChI=1S/C18H26N4O3/c1-4-21(13(2)3)15-9-7-14(8-10-15)20-16(23)6-5-11-22-17(24)12-19-18(22)25/h7-10,13H,4-6,11-12H2,1-3H3,(H,19,25)(H,20,23). The third kappa shape index (κ3) is 4.95. The zero-order valence-electron chi connectivity index (χ0n) is 15.0. The van der Waals surface area contributed by atoms with E-state index in [0.717, 1.165) is 22.8 Å². The van der Waals surface area contributed by atoms with Gasteiger partial charge in [0, 0.05) is 36.9 Å². The second-order valence-electron chi connectivity index (χ2n) is 6.28. The number of carbonyl (C=O) groups is 3. The molecule has 0 saturated carbocycles. The fourth-order valence-electron chi connectivity index (χ4n) is 2.88. The van der Waals surface area contributed by atoms with E-state index in [1.807, 2.05) is 24.3 Å². The number of hydrogen-bond acceptors (Lipinski definition) is 4. The summed E-state index contributed by atoms with van der Waals surface area (Å²) in [6.45, 7) is 7.63. The van der Waals surface area contributed by atoms with Gasteiger partial charge in [-0.1, -0.05) is 0 Å². The lowest BCUT2D eigenvalue weighted by atomic mass is 10.2. The molecule has 0 radical (unpaired) electrons. The third-order valence-corrected chi connectivity index (χ3v) is 4.17. The van der Waals surface area contributed by atoms with Crippen molar-refractivity contribution in [3.8, 4) is 0 Å². The maximum absolute atomic E-state index is 12.0. The van der Waals surface area contributed by atoms with E-state index in [2.05, 4.69) is 36.3 Å². The predicted octanol–water partition coefficient (Wildman–Crippen LogP) is 2.19. The summed E-state index contributed by atoms with van der Waals surface area (Å²) in [6, 6.07) is 7.78. The molecule has 1 fully saturated rings. The average molecular weight is 346 g/mol. The number of rotatable bonds is 8. The van der Waals surface area contributed by atoms with Gasteiger partial charge in [0.2, 0.25) is 11.8 Å². The van der Waals surface area contributed by atoms with Crippen molar-refractivity contribution in [3.05, 3.63) is 24.3 Å². The van der Waals surface area contributed by atoms with Gasteiger partial charge in [-0.25, -0.2) is 4.79 Å². The van der Waals surface area contributed by atoms with E-state index in [4.69, 9.17) is 0 Å². The summed E-state index contributed by atoms with van der Waals surface area (Å²) >= 11 is 0. The van der Waals surface area contributed by atoms with Gasteiger partial charge in [-0.15, -0.1) is 0 Å². The number of hydrogen-bond donors (Lipinski definition) is 2. The van der Waals surface area contributed by atoms with Gasteiger partial charge < -0.3 is 15.5 Å². The number of benzene rings is 1. The molecule has 1 heterocycles. The summed E-state index contributed by atoms with van der Waals surface area (Å²) < 4.78 is 0. The van der Waals surface area contributed by atoms with Crippen LogP contribution in [0.3, 0.4) is 0 Å². The van der Waals surface area contributed by atoms with Gasteiger partial charge in [0.15, 0.2) is 0 Å². The summed E-state index contributed by atoms with van der Waals surface area (Å²) in [5, 5.41) is 5.30. The first-order valence-corrected chi connectivity index (χ1v) is 8.67. The van der Waals surface area contributed by atoms with Crippen molar-refractivity contribution in [2.75, 3.05) is 29.9 Å². The van der Waals surface area contributed by atoms with Crippen molar-refractivity contribution in [1.29, 1.82) is 0 Å². The van der Waals surface area contributed by atoms with Crippen LogP contribution in [0, 0.1) is 0 Å². The van der Waals surface area contributed by atoms with Gasteiger partial charge in [-0.05, 0) is 51.5 Å². The highest BCUT2D eigenvalue weighted by molar-refractivity contribution is 6.02. The van der Waals surface area contributed by atoms with Crippen LogP contribution in [0.4, 0.5) is 16.2 Å². The zero-order chi connectivity index (χ0) is 18.4. The second kappa shape index (κ2) is 8.50. The van der Waals surface area contributed by atoms with E-state index in [1.165, 1.54) is 0 Å². The van der Waals surface area contributed by atoms with E-state index < -0.39 is 0 Å². The van der Waals surface area contributed by atoms with Gasteiger partial charge in [-0.3, -0.25) is 14.5 Å². The monoisotopic (exact) mass is 346 g/mol. The number of amides is 4. The topological polar surface area (TPSA) is 81.8 Å². The Morgan fingerprint density at radius 2 is 1.96 bits per heavy atom. The van der Waals surface area contributed by atoms with Crippen molar-refractivity contribution in [3.63, 3.8) is 0 Å². The van der Waals surface area contributed by atoms with Gasteiger partial charge in [-0.2, -0.15) is 0 Å². The molecule has 0 aliphatic carbocycles.